The Morgan fingerprint density at radius 3 is 2.29 bits per heavy atom. The fraction of sp³-hybridized carbons (Fsp3) is 0.316. The predicted octanol–water partition coefficient (Wildman–Crippen LogP) is 4.78. The van der Waals surface area contributed by atoms with Crippen molar-refractivity contribution in [1.29, 1.82) is 0 Å². The quantitative estimate of drug-likeness (QED) is 0.754. The lowest BCUT2D eigenvalue weighted by Crippen LogP contribution is -2.07. The Balaban J connectivity index is 2.00. The normalized spacial score (nSPS) is 10.7. The van der Waals surface area contributed by atoms with E-state index in [9.17, 15) is 4.79 Å². The van der Waals surface area contributed by atoms with Crippen molar-refractivity contribution in [3.63, 3.8) is 0 Å². The van der Waals surface area contributed by atoms with Gasteiger partial charge in [-0.3, -0.25) is 0 Å². The lowest BCUT2D eigenvalue weighted by Gasteiger charge is -2.09. The largest absolute Gasteiger partial charge is 0.457 e. The van der Waals surface area contributed by atoms with Crippen LogP contribution in [0.25, 0.3) is 0 Å². The van der Waals surface area contributed by atoms with Gasteiger partial charge < -0.3 is 4.74 Å². The van der Waals surface area contributed by atoms with Crippen LogP contribution in [0.3, 0.4) is 0 Å². The molecule has 0 amide bonds. The van der Waals surface area contributed by atoms with Crippen molar-refractivity contribution in [1.82, 2.24) is 0 Å². The monoisotopic (exact) mass is 282 g/mol. The van der Waals surface area contributed by atoms with Crippen molar-refractivity contribution in [2.45, 2.75) is 40.2 Å². The Morgan fingerprint density at radius 2 is 1.71 bits per heavy atom. The molecule has 0 fully saturated rings. The number of rotatable bonds is 4. The van der Waals surface area contributed by atoms with Gasteiger partial charge in [0.1, 0.15) is 6.61 Å². The number of carbonyl (C=O) groups excluding carboxylic acids is 1. The molecular formula is C19H22O2. The predicted molar refractivity (Wildman–Crippen MR) is 85.6 cm³/mol. The molecule has 0 saturated carbocycles. The summed E-state index contributed by atoms with van der Waals surface area (Å²) in [5.41, 5.74) is 5.04. The van der Waals surface area contributed by atoms with Gasteiger partial charge in [0.2, 0.25) is 0 Å². The molecule has 0 bridgehead atoms. The van der Waals surface area contributed by atoms with Crippen LogP contribution in [0.4, 0.5) is 0 Å². The Bertz CT molecular complexity index is 625. The zero-order chi connectivity index (χ0) is 15.4. The maximum Gasteiger partial charge on any atom is 0.338 e. The summed E-state index contributed by atoms with van der Waals surface area (Å²) in [7, 11) is 0. The van der Waals surface area contributed by atoms with E-state index in [1.54, 1.807) is 0 Å². The SMILES string of the molecule is Cc1ccc(C(=O)OCc2ccc(C(C)C)cc2)c(C)c1. The van der Waals surface area contributed by atoms with Gasteiger partial charge in [-0.25, -0.2) is 4.79 Å². The third-order valence-corrected chi connectivity index (χ3v) is 3.62. The standard InChI is InChI=1S/C19H22O2/c1-13(2)17-8-6-16(7-9-17)12-21-19(20)18-10-5-14(3)11-15(18)4/h5-11,13H,12H2,1-4H3. The Labute approximate surface area is 126 Å². The van der Waals surface area contributed by atoms with Crippen molar-refractivity contribution in [2.24, 2.45) is 0 Å². The zero-order valence-corrected chi connectivity index (χ0v) is 13.1. The van der Waals surface area contributed by atoms with Crippen LogP contribution in [0.15, 0.2) is 42.5 Å². The molecule has 2 aromatic carbocycles. The molecule has 0 aliphatic rings. The maximum atomic E-state index is 12.1. The molecule has 0 heterocycles. The summed E-state index contributed by atoms with van der Waals surface area (Å²) in [4.78, 5) is 12.1. The highest BCUT2D eigenvalue weighted by Crippen LogP contribution is 2.16. The summed E-state index contributed by atoms with van der Waals surface area (Å²) in [5.74, 6) is 0.247. The van der Waals surface area contributed by atoms with Crippen LogP contribution >= 0.6 is 0 Å². The molecule has 0 N–H and O–H groups in total. The number of esters is 1. The van der Waals surface area contributed by atoms with Crippen LogP contribution in [0, 0.1) is 13.8 Å². The van der Waals surface area contributed by atoms with Gasteiger partial charge in [-0.2, -0.15) is 0 Å². The lowest BCUT2D eigenvalue weighted by molar-refractivity contribution is 0.0472. The first-order chi connectivity index (χ1) is 9.97. The van der Waals surface area contributed by atoms with E-state index in [2.05, 4.69) is 26.0 Å². The van der Waals surface area contributed by atoms with Gasteiger partial charge in [0, 0.05) is 0 Å². The molecule has 0 aromatic heterocycles. The van der Waals surface area contributed by atoms with Gasteiger partial charge in [-0.1, -0.05) is 55.8 Å². The molecule has 2 heteroatoms. The van der Waals surface area contributed by atoms with Gasteiger partial charge in [0.15, 0.2) is 0 Å². The van der Waals surface area contributed by atoms with Crippen molar-refractivity contribution in [3.05, 3.63) is 70.3 Å². The molecule has 2 nitrogen and oxygen atoms in total. The van der Waals surface area contributed by atoms with Crippen LogP contribution in [0.1, 0.15) is 52.4 Å². The molecule has 0 spiro atoms. The summed E-state index contributed by atoms with van der Waals surface area (Å²) in [6, 6.07) is 14.0. The highest BCUT2D eigenvalue weighted by Gasteiger charge is 2.10. The fourth-order valence-corrected chi connectivity index (χ4v) is 2.27. The average molecular weight is 282 g/mol. The van der Waals surface area contributed by atoms with Gasteiger partial charge in [-0.15, -0.1) is 0 Å². The van der Waals surface area contributed by atoms with Crippen molar-refractivity contribution in [3.8, 4) is 0 Å². The van der Waals surface area contributed by atoms with Crippen molar-refractivity contribution < 1.29 is 9.53 Å². The minimum atomic E-state index is -0.263. The third-order valence-electron chi connectivity index (χ3n) is 3.62. The molecule has 21 heavy (non-hydrogen) atoms. The molecule has 0 radical (unpaired) electrons. The van der Waals surface area contributed by atoms with E-state index in [0.29, 0.717) is 18.1 Å². The molecule has 2 aromatic rings. The minimum Gasteiger partial charge on any atom is -0.457 e. The Hall–Kier alpha value is -2.09. The van der Waals surface area contributed by atoms with Crippen molar-refractivity contribution >= 4 is 5.97 Å². The van der Waals surface area contributed by atoms with E-state index in [4.69, 9.17) is 4.74 Å². The van der Waals surface area contributed by atoms with Crippen molar-refractivity contribution in [2.75, 3.05) is 0 Å². The number of ether oxygens (including phenoxy) is 1. The number of hydrogen-bond donors (Lipinski definition) is 0. The highest BCUT2D eigenvalue weighted by atomic mass is 16.5. The molecule has 0 aliphatic carbocycles. The first-order valence-electron chi connectivity index (χ1n) is 7.30. The summed E-state index contributed by atoms with van der Waals surface area (Å²) in [5, 5.41) is 0. The van der Waals surface area contributed by atoms with E-state index in [-0.39, 0.29) is 5.97 Å². The molecule has 0 atom stereocenters. The Kier molecular flexibility index (Phi) is 4.79. The van der Waals surface area contributed by atoms with Crippen LogP contribution in [0.2, 0.25) is 0 Å². The smallest absolute Gasteiger partial charge is 0.338 e. The summed E-state index contributed by atoms with van der Waals surface area (Å²) >= 11 is 0. The number of hydrogen-bond acceptors (Lipinski definition) is 2. The van der Waals surface area contributed by atoms with Gasteiger partial charge in [0.05, 0.1) is 5.56 Å². The van der Waals surface area contributed by atoms with Gasteiger partial charge in [-0.05, 0) is 42.5 Å². The fourth-order valence-electron chi connectivity index (χ4n) is 2.27. The number of carbonyl (C=O) groups is 1. The minimum absolute atomic E-state index is 0.263. The van der Waals surface area contributed by atoms with E-state index in [0.717, 1.165) is 16.7 Å². The highest BCUT2D eigenvalue weighted by molar-refractivity contribution is 5.91. The first-order valence-corrected chi connectivity index (χ1v) is 7.30. The van der Waals surface area contributed by atoms with Crippen LogP contribution in [-0.4, -0.2) is 5.97 Å². The molecule has 110 valence electrons. The number of aryl methyl sites for hydroxylation is 2. The van der Waals surface area contributed by atoms with E-state index >= 15 is 0 Å². The average Bonchev–Trinajstić information content (AvgIpc) is 2.45. The lowest BCUT2D eigenvalue weighted by atomic mass is 10.0. The van der Waals surface area contributed by atoms with Crippen LogP contribution in [0.5, 0.6) is 0 Å². The van der Waals surface area contributed by atoms with E-state index in [1.807, 2.05) is 44.2 Å². The molecule has 2 rings (SSSR count). The molecule has 0 aliphatic heterocycles. The van der Waals surface area contributed by atoms with E-state index in [1.165, 1.54) is 5.56 Å². The molecule has 0 saturated heterocycles. The third kappa shape index (κ3) is 3.94. The second-order valence-electron chi connectivity index (χ2n) is 5.79. The van der Waals surface area contributed by atoms with Gasteiger partial charge >= 0.3 is 5.97 Å². The summed E-state index contributed by atoms with van der Waals surface area (Å²) in [6.07, 6.45) is 0. The van der Waals surface area contributed by atoms with Gasteiger partial charge in [0.25, 0.3) is 0 Å². The van der Waals surface area contributed by atoms with Crippen LogP contribution in [-0.2, 0) is 11.3 Å². The van der Waals surface area contributed by atoms with Crippen LogP contribution < -0.4 is 0 Å². The second kappa shape index (κ2) is 6.57. The zero-order valence-electron chi connectivity index (χ0n) is 13.1. The van der Waals surface area contributed by atoms with E-state index < -0.39 is 0 Å². The topological polar surface area (TPSA) is 26.3 Å². The Morgan fingerprint density at radius 1 is 1.05 bits per heavy atom. The summed E-state index contributed by atoms with van der Waals surface area (Å²) in [6.45, 7) is 8.58. The second-order valence-corrected chi connectivity index (χ2v) is 5.79. The summed E-state index contributed by atoms with van der Waals surface area (Å²) < 4.78 is 5.40. The molecule has 0 unspecified atom stereocenters. The number of benzene rings is 2. The first kappa shape index (κ1) is 15.3. The maximum absolute atomic E-state index is 12.1. The molecular weight excluding hydrogens is 260 g/mol.